The maximum Gasteiger partial charge on any atom is 0.0570 e. The van der Waals surface area contributed by atoms with Crippen LogP contribution in [0.15, 0.2) is 0 Å². The number of hydrogen-bond acceptors (Lipinski definition) is 3. The van der Waals surface area contributed by atoms with Gasteiger partial charge in [-0.15, -0.1) is 0 Å². The van der Waals surface area contributed by atoms with Crippen LogP contribution in [0, 0.1) is 11.3 Å². The average molecular weight is 266 g/mol. The Morgan fingerprint density at radius 2 is 1.68 bits per heavy atom. The van der Waals surface area contributed by atoms with Crippen LogP contribution >= 0.6 is 0 Å². The summed E-state index contributed by atoms with van der Waals surface area (Å²) in [4.78, 5) is 2.72. The van der Waals surface area contributed by atoms with E-state index in [1.807, 2.05) is 0 Å². The molecule has 0 aromatic carbocycles. The molecule has 0 radical (unpaired) electrons. The number of nitrogens with two attached hydrogens (primary N) is 1. The molecule has 3 aliphatic rings. The first kappa shape index (κ1) is 13.8. The fourth-order valence-electron chi connectivity index (χ4n) is 4.69. The molecular formula is C16H30N2O. The van der Waals surface area contributed by atoms with Gasteiger partial charge >= 0.3 is 0 Å². The van der Waals surface area contributed by atoms with Crippen LogP contribution in [-0.4, -0.2) is 41.3 Å². The third-order valence-corrected chi connectivity index (χ3v) is 6.15. The SMILES string of the molecule is CC1CCC(CN)(CN2C3CCC2CC(O)C3)CC1. The van der Waals surface area contributed by atoms with Gasteiger partial charge < -0.3 is 10.8 Å². The lowest BCUT2D eigenvalue weighted by Gasteiger charge is -2.46. The van der Waals surface area contributed by atoms with E-state index in [2.05, 4.69) is 11.8 Å². The van der Waals surface area contributed by atoms with Crippen LogP contribution in [0.2, 0.25) is 0 Å². The van der Waals surface area contributed by atoms with Gasteiger partial charge in [-0.25, -0.2) is 0 Å². The van der Waals surface area contributed by atoms with Crippen molar-refractivity contribution in [2.45, 2.75) is 76.5 Å². The molecule has 3 nitrogen and oxygen atoms in total. The van der Waals surface area contributed by atoms with E-state index >= 15 is 0 Å². The molecule has 0 aromatic heterocycles. The third-order valence-electron chi connectivity index (χ3n) is 6.15. The highest BCUT2D eigenvalue weighted by Gasteiger charge is 2.44. The van der Waals surface area contributed by atoms with E-state index in [9.17, 15) is 5.11 Å². The molecule has 3 N–H and O–H groups in total. The van der Waals surface area contributed by atoms with Crippen molar-refractivity contribution >= 4 is 0 Å². The third kappa shape index (κ3) is 2.70. The summed E-state index contributed by atoms with van der Waals surface area (Å²) in [5, 5.41) is 9.92. The molecule has 19 heavy (non-hydrogen) atoms. The second kappa shape index (κ2) is 5.34. The quantitative estimate of drug-likeness (QED) is 0.823. The van der Waals surface area contributed by atoms with Crippen molar-refractivity contribution in [1.82, 2.24) is 4.90 Å². The van der Waals surface area contributed by atoms with Crippen molar-refractivity contribution in [3.8, 4) is 0 Å². The van der Waals surface area contributed by atoms with Crippen LogP contribution in [0.25, 0.3) is 0 Å². The van der Waals surface area contributed by atoms with E-state index in [0.717, 1.165) is 25.3 Å². The molecule has 0 aromatic rings. The fraction of sp³-hybridized carbons (Fsp3) is 1.00. The van der Waals surface area contributed by atoms with Crippen LogP contribution in [-0.2, 0) is 0 Å². The zero-order valence-corrected chi connectivity index (χ0v) is 12.4. The Hall–Kier alpha value is -0.120. The summed E-state index contributed by atoms with van der Waals surface area (Å²) in [6, 6.07) is 1.27. The predicted molar refractivity (Wildman–Crippen MR) is 77.9 cm³/mol. The van der Waals surface area contributed by atoms with Crippen LogP contribution < -0.4 is 5.73 Å². The monoisotopic (exact) mass is 266 g/mol. The standard InChI is InChI=1S/C16H30N2O/c1-12-4-6-16(10-17,7-5-12)11-18-13-2-3-14(18)9-15(19)8-13/h12-15,19H,2-11,17H2,1H3. The summed E-state index contributed by atoms with van der Waals surface area (Å²) in [5.41, 5.74) is 6.53. The van der Waals surface area contributed by atoms with Gasteiger partial charge in [-0.2, -0.15) is 0 Å². The fourth-order valence-corrected chi connectivity index (χ4v) is 4.69. The molecule has 1 saturated carbocycles. The summed E-state index contributed by atoms with van der Waals surface area (Å²) in [6.45, 7) is 4.41. The van der Waals surface area contributed by atoms with Gasteiger partial charge in [0.15, 0.2) is 0 Å². The molecule has 3 heteroatoms. The largest absolute Gasteiger partial charge is 0.393 e. The van der Waals surface area contributed by atoms with Gasteiger partial charge in [0.05, 0.1) is 6.10 Å². The molecule has 110 valence electrons. The zero-order valence-electron chi connectivity index (χ0n) is 12.4. The first-order valence-corrected chi connectivity index (χ1v) is 8.26. The predicted octanol–water partition coefficient (Wildman–Crippen LogP) is 2.13. The number of piperidine rings is 1. The first-order chi connectivity index (χ1) is 9.12. The highest BCUT2D eigenvalue weighted by molar-refractivity contribution is 4.99. The van der Waals surface area contributed by atoms with E-state index in [4.69, 9.17) is 5.73 Å². The highest BCUT2D eigenvalue weighted by atomic mass is 16.3. The summed E-state index contributed by atoms with van der Waals surface area (Å²) < 4.78 is 0. The molecule has 0 spiro atoms. The van der Waals surface area contributed by atoms with Crippen LogP contribution in [0.5, 0.6) is 0 Å². The molecule has 2 bridgehead atoms. The molecule has 2 unspecified atom stereocenters. The van der Waals surface area contributed by atoms with Gasteiger partial charge in [0.1, 0.15) is 0 Å². The molecule has 2 heterocycles. The molecule has 0 amide bonds. The van der Waals surface area contributed by atoms with Gasteiger partial charge in [0.25, 0.3) is 0 Å². The Balaban J connectivity index is 1.67. The van der Waals surface area contributed by atoms with Crippen molar-refractivity contribution < 1.29 is 5.11 Å². The van der Waals surface area contributed by atoms with Crippen molar-refractivity contribution in [2.75, 3.05) is 13.1 Å². The minimum Gasteiger partial charge on any atom is -0.393 e. The lowest BCUT2D eigenvalue weighted by atomic mass is 9.70. The Morgan fingerprint density at radius 1 is 1.11 bits per heavy atom. The Labute approximate surface area is 117 Å². The lowest BCUT2D eigenvalue weighted by Crippen LogP contribution is -2.52. The minimum atomic E-state index is -0.0473. The Morgan fingerprint density at radius 3 is 2.21 bits per heavy atom. The Kier molecular flexibility index (Phi) is 3.89. The van der Waals surface area contributed by atoms with E-state index in [1.54, 1.807) is 0 Å². The number of rotatable bonds is 3. The Bertz CT molecular complexity index is 298. The summed E-state index contributed by atoms with van der Waals surface area (Å²) >= 11 is 0. The van der Waals surface area contributed by atoms with E-state index < -0.39 is 0 Å². The molecular weight excluding hydrogens is 236 g/mol. The maximum atomic E-state index is 9.92. The molecule has 3 rings (SSSR count). The lowest BCUT2D eigenvalue weighted by molar-refractivity contribution is -0.00107. The first-order valence-electron chi connectivity index (χ1n) is 8.26. The van der Waals surface area contributed by atoms with Gasteiger partial charge in [-0.1, -0.05) is 19.8 Å². The average Bonchev–Trinajstić information content (AvgIpc) is 2.64. The minimum absolute atomic E-state index is 0.0473. The van der Waals surface area contributed by atoms with Gasteiger partial charge in [0.2, 0.25) is 0 Å². The summed E-state index contributed by atoms with van der Waals surface area (Å²) in [6.07, 6.45) is 9.84. The molecule has 3 fully saturated rings. The molecule has 2 aliphatic heterocycles. The maximum absolute atomic E-state index is 9.92. The van der Waals surface area contributed by atoms with E-state index in [0.29, 0.717) is 17.5 Å². The van der Waals surface area contributed by atoms with Gasteiger partial charge in [0, 0.05) is 18.6 Å². The van der Waals surface area contributed by atoms with E-state index in [-0.39, 0.29) is 6.10 Å². The van der Waals surface area contributed by atoms with Crippen molar-refractivity contribution in [3.63, 3.8) is 0 Å². The molecule has 1 aliphatic carbocycles. The van der Waals surface area contributed by atoms with Crippen LogP contribution in [0.4, 0.5) is 0 Å². The molecule has 2 atom stereocenters. The number of fused-ring (bicyclic) bond motifs is 2. The summed E-state index contributed by atoms with van der Waals surface area (Å²) in [7, 11) is 0. The number of hydrogen-bond donors (Lipinski definition) is 2. The zero-order chi connectivity index (χ0) is 13.5. The second-order valence-electron chi connectivity index (χ2n) is 7.57. The summed E-state index contributed by atoms with van der Waals surface area (Å²) in [5.74, 6) is 0.888. The van der Waals surface area contributed by atoms with Crippen LogP contribution in [0.1, 0.15) is 58.3 Å². The van der Waals surface area contributed by atoms with Crippen molar-refractivity contribution in [2.24, 2.45) is 17.1 Å². The topological polar surface area (TPSA) is 49.5 Å². The number of nitrogens with zero attached hydrogens (tertiary/aromatic N) is 1. The molecule has 2 saturated heterocycles. The number of aliphatic hydroxyl groups excluding tert-OH is 1. The number of aliphatic hydroxyl groups is 1. The van der Waals surface area contributed by atoms with Crippen molar-refractivity contribution in [1.29, 1.82) is 0 Å². The highest BCUT2D eigenvalue weighted by Crippen LogP contribution is 2.43. The van der Waals surface area contributed by atoms with Gasteiger partial charge in [-0.3, -0.25) is 4.90 Å². The van der Waals surface area contributed by atoms with Gasteiger partial charge in [-0.05, 0) is 56.4 Å². The van der Waals surface area contributed by atoms with Crippen LogP contribution in [0.3, 0.4) is 0 Å². The smallest absolute Gasteiger partial charge is 0.0570 e. The second-order valence-corrected chi connectivity index (χ2v) is 7.57. The van der Waals surface area contributed by atoms with E-state index in [1.165, 1.54) is 45.1 Å². The normalized spacial score (nSPS) is 47.5. The van der Waals surface area contributed by atoms with Crippen molar-refractivity contribution in [3.05, 3.63) is 0 Å².